The maximum Gasteiger partial charge on any atom is 0.307 e. The van der Waals surface area contributed by atoms with Crippen LogP contribution in [0.4, 0.5) is 10.9 Å². The molecule has 0 aliphatic rings. The van der Waals surface area contributed by atoms with Crippen molar-refractivity contribution >= 4 is 38.5 Å². The van der Waals surface area contributed by atoms with Gasteiger partial charge in [-0.25, -0.2) is 9.97 Å². The fourth-order valence-electron chi connectivity index (χ4n) is 2.64. The van der Waals surface area contributed by atoms with Crippen LogP contribution in [0, 0.1) is 0 Å². The zero-order valence-electron chi connectivity index (χ0n) is 13.6. The number of aliphatic carboxylic acids is 1. The van der Waals surface area contributed by atoms with Gasteiger partial charge in [-0.1, -0.05) is 17.4 Å². The molecule has 0 amide bonds. The van der Waals surface area contributed by atoms with E-state index in [2.05, 4.69) is 26.3 Å². The molecule has 2 N–H and O–H groups in total. The van der Waals surface area contributed by atoms with Gasteiger partial charge in [-0.15, -0.1) is 0 Å². The molecular weight excluding hydrogens is 348 g/mol. The molecule has 0 unspecified atom stereocenters. The summed E-state index contributed by atoms with van der Waals surface area (Å²) in [6, 6.07) is 13.5. The third kappa shape index (κ3) is 3.52. The standard InChI is InChI=1S/C19H14N4O2S/c24-18(25)10-12-3-8-21-17(9-12)23-19-22-15-2-1-14(11-16(15)26-19)13-4-6-20-7-5-13/h1-9,11H,10H2,(H,24,25)(H,21,22,23). The highest BCUT2D eigenvalue weighted by molar-refractivity contribution is 7.22. The van der Waals surface area contributed by atoms with E-state index in [0.717, 1.165) is 21.3 Å². The molecule has 6 nitrogen and oxygen atoms in total. The van der Waals surface area contributed by atoms with Crippen LogP contribution in [0.3, 0.4) is 0 Å². The number of pyridine rings is 2. The summed E-state index contributed by atoms with van der Waals surface area (Å²) in [7, 11) is 0. The van der Waals surface area contributed by atoms with Crippen LogP contribution < -0.4 is 5.32 Å². The Morgan fingerprint density at radius 3 is 2.69 bits per heavy atom. The van der Waals surface area contributed by atoms with Gasteiger partial charge in [0.2, 0.25) is 0 Å². The molecule has 0 fully saturated rings. The Kier molecular flexibility index (Phi) is 4.28. The molecule has 7 heteroatoms. The van der Waals surface area contributed by atoms with E-state index in [-0.39, 0.29) is 6.42 Å². The molecule has 4 rings (SSSR count). The Balaban J connectivity index is 1.61. The molecule has 0 atom stereocenters. The Bertz CT molecular complexity index is 1080. The van der Waals surface area contributed by atoms with E-state index in [1.807, 2.05) is 24.3 Å². The minimum Gasteiger partial charge on any atom is -0.481 e. The van der Waals surface area contributed by atoms with Gasteiger partial charge in [0.05, 0.1) is 16.6 Å². The van der Waals surface area contributed by atoms with Gasteiger partial charge < -0.3 is 10.4 Å². The molecule has 0 radical (unpaired) electrons. The van der Waals surface area contributed by atoms with E-state index < -0.39 is 5.97 Å². The molecule has 1 aromatic carbocycles. The van der Waals surface area contributed by atoms with Gasteiger partial charge in [0.25, 0.3) is 0 Å². The van der Waals surface area contributed by atoms with Crippen LogP contribution in [0.2, 0.25) is 0 Å². The lowest BCUT2D eigenvalue weighted by atomic mass is 10.1. The van der Waals surface area contributed by atoms with Crippen molar-refractivity contribution in [2.45, 2.75) is 6.42 Å². The maximum absolute atomic E-state index is 10.8. The Morgan fingerprint density at radius 2 is 1.88 bits per heavy atom. The van der Waals surface area contributed by atoms with Crippen molar-refractivity contribution in [3.63, 3.8) is 0 Å². The average molecular weight is 362 g/mol. The van der Waals surface area contributed by atoms with Crippen molar-refractivity contribution in [1.82, 2.24) is 15.0 Å². The number of hydrogen-bond donors (Lipinski definition) is 2. The zero-order valence-corrected chi connectivity index (χ0v) is 14.4. The van der Waals surface area contributed by atoms with Gasteiger partial charge in [-0.2, -0.15) is 0 Å². The Labute approximate surface area is 153 Å². The smallest absolute Gasteiger partial charge is 0.307 e. The van der Waals surface area contributed by atoms with Crippen LogP contribution >= 0.6 is 11.3 Å². The molecule has 0 spiro atoms. The highest BCUT2D eigenvalue weighted by Gasteiger charge is 2.08. The number of thiazole rings is 1. The second-order valence-electron chi connectivity index (χ2n) is 5.68. The number of nitrogens with one attached hydrogen (secondary N) is 1. The molecule has 3 heterocycles. The molecule has 0 aliphatic carbocycles. The molecule has 0 saturated heterocycles. The van der Waals surface area contributed by atoms with Crippen LogP contribution in [0.25, 0.3) is 21.3 Å². The van der Waals surface area contributed by atoms with Gasteiger partial charge >= 0.3 is 5.97 Å². The van der Waals surface area contributed by atoms with Crippen LogP contribution in [0.15, 0.2) is 61.1 Å². The molecule has 128 valence electrons. The van der Waals surface area contributed by atoms with E-state index in [1.165, 1.54) is 11.3 Å². The number of rotatable bonds is 5. The quantitative estimate of drug-likeness (QED) is 0.555. The minimum atomic E-state index is -0.870. The number of anilines is 2. The van der Waals surface area contributed by atoms with Crippen molar-refractivity contribution in [2.24, 2.45) is 0 Å². The van der Waals surface area contributed by atoms with Gasteiger partial charge in [-0.05, 0) is 53.1 Å². The largest absolute Gasteiger partial charge is 0.481 e. The monoisotopic (exact) mass is 362 g/mol. The molecule has 0 bridgehead atoms. The number of carboxylic acid groups (broad SMARTS) is 1. The lowest BCUT2D eigenvalue weighted by molar-refractivity contribution is -0.136. The molecule has 0 saturated carbocycles. The van der Waals surface area contributed by atoms with E-state index in [9.17, 15) is 4.79 Å². The summed E-state index contributed by atoms with van der Waals surface area (Å²) in [5.74, 6) is -0.289. The summed E-state index contributed by atoms with van der Waals surface area (Å²) in [4.78, 5) is 23.7. The van der Waals surface area contributed by atoms with Gasteiger partial charge in [0, 0.05) is 18.6 Å². The number of nitrogens with zero attached hydrogens (tertiary/aromatic N) is 3. The minimum absolute atomic E-state index is 0.0354. The fraction of sp³-hybridized carbons (Fsp3) is 0.0526. The van der Waals surface area contributed by atoms with Gasteiger partial charge in [0.1, 0.15) is 5.82 Å². The summed E-state index contributed by atoms with van der Waals surface area (Å²) in [5, 5.41) is 12.8. The topological polar surface area (TPSA) is 88.0 Å². The first-order valence-electron chi connectivity index (χ1n) is 7.92. The van der Waals surface area contributed by atoms with Crippen molar-refractivity contribution in [3.05, 3.63) is 66.6 Å². The maximum atomic E-state index is 10.8. The average Bonchev–Trinajstić information content (AvgIpc) is 3.03. The summed E-state index contributed by atoms with van der Waals surface area (Å²) >= 11 is 1.53. The number of hydrogen-bond acceptors (Lipinski definition) is 6. The van der Waals surface area contributed by atoms with E-state index in [0.29, 0.717) is 16.5 Å². The Hall–Kier alpha value is -3.32. The van der Waals surface area contributed by atoms with Crippen molar-refractivity contribution in [3.8, 4) is 11.1 Å². The van der Waals surface area contributed by atoms with Crippen molar-refractivity contribution < 1.29 is 9.90 Å². The number of fused-ring (bicyclic) bond motifs is 1. The highest BCUT2D eigenvalue weighted by Crippen LogP contribution is 2.31. The zero-order chi connectivity index (χ0) is 17.9. The number of aromatic nitrogens is 3. The number of carboxylic acids is 1. The first kappa shape index (κ1) is 16.2. The molecule has 4 aromatic rings. The second-order valence-corrected chi connectivity index (χ2v) is 6.71. The second kappa shape index (κ2) is 6.89. The third-order valence-corrected chi connectivity index (χ3v) is 4.75. The van der Waals surface area contributed by atoms with E-state index in [4.69, 9.17) is 5.11 Å². The number of benzene rings is 1. The van der Waals surface area contributed by atoms with Gasteiger partial charge in [-0.3, -0.25) is 9.78 Å². The normalized spacial score (nSPS) is 10.8. The molecule has 0 aliphatic heterocycles. The van der Waals surface area contributed by atoms with Crippen LogP contribution in [-0.2, 0) is 11.2 Å². The summed E-state index contributed by atoms with van der Waals surface area (Å²) in [5.41, 5.74) is 3.80. The van der Waals surface area contributed by atoms with Crippen molar-refractivity contribution in [1.29, 1.82) is 0 Å². The van der Waals surface area contributed by atoms with E-state index in [1.54, 1.807) is 30.7 Å². The lowest BCUT2D eigenvalue weighted by Crippen LogP contribution is -2.01. The summed E-state index contributed by atoms with van der Waals surface area (Å²) in [6.07, 6.45) is 5.10. The van der Waals surface area contributed by atoms with Crippen LogP contribution in [0.1, 0.15) is 5.56 Å². The fourth-order valence-corrected chi connectivity index (χ4v) is 3.55. The van der Waals surface area contributed by atoms with Crippen molar-refractivity contribution in [2.75, 3.05) is 5.32 Å². The van der Waals surface area contributed by atoms with Gasteiger partial charge in [0.15, 0.2) is 5.13 Å². The van der Waals surface area contributed by atoms with Crippen LogP contribution in [0.5, 0.6) is 0 Å². The third-order valence-electron chi connectivity index (χ3n) is 3.82. The first-order chi connectivity index (χ1) is 12.7. The number of carbonyl (C=O) groups is 1. The predicted octanol–water partition coefficient (Wildman–Crippen LogP) is 4.12. The lowest BCUT2D eigenvalue weighted by Gasteiger charge is -2.03. The van der Waals surface area contributed by atoms with Crippen LogP contribution in [-0.4, -0.2) is 26.0 Å². The molecule has 26 heavy (non-hydrogen) atoms. The molecular formula is C19H14N4O2S. The summed E-state index contributed by atoms with van der Waals surface area (Å²) < 4.78 is 1.06. The highest BCUT2D eigenvalue weighted by atomic mass is 32.1. The summed E-state index contributed by atoms with van der Waals surface area (Å²) in [6.45, 7) is 0. The predicted molar refractivity (Wildman–Crippen MR) is 102 cm³/mol. The SMILES string of the molecule is O=C(O)Cc1ccnc(Nc2nc3ccc(-c4ccncc4)cc3s2)c1. The Morgan fingerprint density at radius 1 is 1.04 bits per heavy atom. The first-order valence-corrected chi connectivity index (χ1v) is 8.74. The molecule has 3 aromatic heterocycles. The van der Waals surface area contributed by atoms with E-state index >= 15 is 0 Å².